The summed E-state index contributed by atoms with van der Waals surface area (Å²) < 4.78 is 0. The van der Waals surface area contributed by atoms with Crippen LogP contribution in [-0.2, 0) is 16.6 Å². The Morgan fingerprint density at radius 2 is 2.14 bits per heavy atom. The maximum Gasteiger partial charge on any atom is 0.161 e. The summed E-state index contributed by atoms with van der Waals surface area (Å²) in [7, 11) is 1.93. The van der Waals surface area contributed by atoms with Gasteiger partial charge in [-0.25, -0.2) is 0 Å². The lowest BCUT2D eigenvalue weighted by atomic mass is 9.56. The Morgan fingerprint density at radius 3 is 2.81 bits per heavy atom. The predicted molar refractivity (Wildman–Crippen MR) is 80.5 cm³/mol. The van der Waals surface area contributed by atoms with Crippen molar-refractivity contribution in [3.63, 3.8) is 0 Å². The summed E-state index contributed by atoms with van der Waals surface area (Å²) in [6, 6.07) is 3.63. The molecule has 1 aromatic rings. The number of nitrogens with one attached hydrogen (secondary N) is 1. The van der Waals surface area contributed by atoms with Crippen molar-refractivity contribution in [2.24, 2.45) is 5.92 Å². The second-order valence-corrected chi connectivity index (χ2v) is 6.10. The number of aromatic hydroxyl groups is 2. The van der Waals surface area contributed by atoms with Gasteiger partial charge in [0, 0.05) is 29.4 Å². The van der Waals surface area contributed by atoms with Gasteiger partial charge in [-0.15, -0.1) is 0 Å². The van der Waals surface area contributed by atoms with Gasteiger partial charge in [0.15, 0.2) is 17.3 Å². The van der Waals surface area contributed by atoms with E-state index in [0.717, 1.165) is 24.0 Å². The lowest BCUT2D eigenvalue weighted by Gasteiger charge is -2.49. The third-order valence-corrected chi connectivity index (χ3v) is 5.23. The number of fused-ring (bicyclic) bond motifs is 3. The minimum atomic E-state index is -0.435. The molecular formula is C17H21NO3. The average molecular weight is 287 g/mol. The largest absolute Gasteiger partial charge is 0.504 e. The first-order chi connectivity index (χ1) is 10.0. The number of phenolic OH excluding ortho intramolecular Hbond substituents is 2. The Hall–Kier alpha value is -1.81. The molecule has 0 fully saturated rings. The molecule has 0 amide bonds. The van der Waals surface area contributed by atoms with Crippen LogP contribution in [-0.4, -0.2) is 29.1 Å². The van der Waals surface area contributed by atoms with Crippen molar-refractivity contribution < 1.29 is 15.0 Å². The van der Waals surface area contributed by atoms with Crippen LogP contribution in [0.15, 0.2) is 24.3 Å². The topological polar surface area (TPSA) is 69.6 Å². The SMILES string of the molecule is CC[C@]12CC(=O)C=C[C@H]1[C@H](NC)Cc1ccc(O)c(O)c12. The standard InChI is InChI=1S/C17H21NO3/c1-3-17-9-11(19)5-6-12(17)13(18-2)8-10-4-7-14(20)16(21)15(10)17/h4-7,12-13,18,20-21H,3,8-9H2,1-2H3/t12-,13+,17-/m0/s1. The number of rotatable bonds is 2. The monoisotopic (exact) mass is 287 g/mol. The highest BCUT2D eigenvalue weighted by molar-refractivity contribution is 5.92. The van der Waals surface area contributed by atoms with Gasteiger partial charge in [-0.1, -0.05) is 19.1 Å². The molecule has 4 nitrogen and oxygen atoms in total. The molecular weight excluding hydrogens is 266 g/mol. The minimum Gasteiger partial charge on any atom is -0.504 e. The van der Waals surface area contributed by atoms with E-state index in [0.29, 0.717) is 6.42 Å². The second kappa shape index (κ2) is 4.88. The summed E-state index contributed by atoms with van der Waals surface area (Å²) in [5.74, 6) is 0.0613. The van der Waals surface area contributed by atoms with Crippen molar-refractivity contribution in [2.45, 2.75) is 37.6 Å². The summed E-state index contributed by atoms with van der Waals surface area (Å²) in [6.45, 7) is 2.05. The third-order valence-electron chi connectivity index (χ3n) is 5.23. The zero-order valence-electron chi connectivity index (χ0n) is 12.4. The molecule has 3 N–H and O–H groups in total. The average Bonchev–Trinajstić information content (AvgIpc) is 2.49. The molecule has 3 rings (SSSR count). The van der Waals surface area contributed by atoms with E-state index in [2.05, 4.69) is 5.32 Å². The van der Waals surface area contributed by atoms with E-state index < -0.39 is 5.41 Å². The van der Waals surface area contributed by atoms with E-state index in [-0.39, 0.29) is 29.2 Å². The van der Waals surface area contributed by atoms with Crippen LogP contribution in [0, 0.1) is 5.92 Å². The van der Waals surface area contributed by atoms with E-state index in [9.17, 15) is 15.0 Å². The maximum absolute atomic E-state index is 12.0. The Bertz CT molecular complexity index is 623. The van der Waals surface area contributed by atoms with E-state index >= 15 is 0 Å². The van der Waals surface area contributed by atoms with Gasteiger partial charge < -0.3 is 15.5 Å². The van der Waals surface area contributed by atoms with Crippen LogP contribution in [0.5, 0.6) is 11.5 Å². The lowest BCUT2D eigenvalue weighted by Crippen LogP contribution is -2.53. The number of carbonyl (C=O) groups is 1. The van der Waals surface area contributed by atoms with Gasteiger partial charge in [0.1, 0.15) is 0 Å². The molecule has 0 aromatic heterocycles. The summed E-state index contributed by atoms with van der Waals surface area (Å²) in [5, 5.41) is 23.7. The smallest absolute Gasteiger partial charge is 0.161 e. The van der Waals surface area contributed by atoms with Gasteiger partial charge in [-0.3, -0.25) is 4.79 Å². The number of phenols is 2. The number of hydrogen-bond donors (Lipinski definition) is 3. The van der Waals surface area contributed by atoms with Crippen LogP contribution < -0.4 is 5.32 Å². The van der Waals surface area contributed by atoms with Gasteiger partial charge in [0.2, 0.25) is 0 Å². The van der Waals surface area contributed by atoms with Gasteiger partial charge in [-0.05, 0) is 37.6 Å². The van der Waals surface area contributed by atoms with Gasteiger partial charge in [-0.2, -0.15) is 0 Å². The maximum atomic E-state index is 12.0. The molecule has 2 aliphatic rings. The Balaban J connectivity index is 2.28. The molecule has 1 aromatic carbocycles. The highest BCUT2D eigenvalue weighted by Gasteiger charge is 2.50. The molecule has 0 saturated heterocycles. The molecule has 0 bridgehead atoms. The number of benzene rings is 1. The van der Waals surface area contributed by atoms with Gasteiger partial charge in [0.05, 0.1) is 0 Å². The first-order valence-corrected chi connectivity index (χ1v) is 7.46. The Kier molecular flexibility index (Phi) is 3.29. The molecule has 0 radical (unpaired) electrons. The van der Waals surface area contributed by atoms with Crippen LogP contribution in [0.3, 0.4) is 0 Å². The molecule has 2 aliphatic carbocycles. The first-order valence-electron chi connectivity index (χ1n) is 7.46. The normalized spacial score (nSPS) is 30.9. The molecule has 0 aliphatic heterocycles. The fourth-order valence-corrected chi connectivity index (χ4v) is 4.19. The summed E-state index contributed by atoms with van der Waals surface area (Å²) in [4.78, 5) is 12.0. The van der Waals surface area contributed by atoms with Crippen molar-refractivity contribution in [3.05, 3.63) is 35.4 Å². The Labute approximate surface area is 124 Å². The molecule has 21 heavy (non-hydrogen) atoms. The van der Waals surface area contributed by atoms with E-state index in [1.54, 1.807) is 6.08 Å². The Morgan fingerprint density at radius 1 is 1.38 bits per heavy atom. The zero-order chi connectivity index (χ0) is 15.2. The number of allylic oxidation sites excluding steroid dienone is 1. The molecule has 0 spiro atoms. The van der Waals surface area contributed by atoms with Gasteiger partial charge in [0.25, 0.3) is 0 Å². The van der Waals surface area contributed by atoms with Crippen molar-refractivity contribution in [3.8, 4) is 11.5 Å². The van der Waals surface area contributed by atoms with Gasteiger partial charge >= 0.3 is 0 Å². The van der Waals surface area contributed by atoms with Crippen LogP contribution in [0.25, 0.3) is 0 Å². The molecule has 4 heteroatoms. The third kappa shape index (κ3) is 1.89. The zero-order valence-corrected chi connectivity index (χ0v) is 12.4. The number of carbonyl (C=O) groups excluding carboxylic acids is 1. The van der Waals surface area contributed by atoms with Crippen molar-refractivity contribution in [1.29, 1.82) is 0 Å². The van der Waals surface area contributed by atoms with E-state index in [4.69, 9.17) is 0 Å². The summed E-state index contributed by atoms with van der Waals surface area (Å²) in [5.41, 5.74) is 1.35. The van der Waals surface area contributed by atoms with E-state index in [1.807, 2.05) is 26.1 Å². The predicted octanol–water partition coefficient (Wildman–Crippen LogP) is 2.03. The molecule has 112 valence electrons. The van der Waals surface area contributed by atoms with Crippen LogP contribution in [0.2, 0.25) is 0 Å². The summed E-state index contributed by atoms with van der Waals surface area (Å²) >= 11 is 0. The summed E-state index contributed by atoms with van der Waals surface area (Å²) in [6.07, 6.45) is 5.55. The lowest BCUT2D eigenvalue weighted by molar-refractivity contribution is -0.117. The molecule has 0 saturated carbocycles. The van der Waals surface area contributed by atoms with Crippen molar-refractivity contribution >= 4 is 5.78 Å². The number of hydrogen-bond acceptors (Lipinski definition) is 4. The second-order valence-electron chi connectivity index (χ2n) is 6.10. The molecule has 0 heterocycles. The molecule has 3 atom stereocenters. The minimum absolute atomic E-state index is 0.0583. The van der Waals surface area contributed by atoms with Crippen molar-refractivity contribution in [2.75, 3.05) is 7.05 Å². The highest BCUT2D eigenvalue weighted by Crippen LogP contribution is 2.53. The number of likely N-dealkylation sites (N-methyl/N-ethyl adjacent to an activating group) is 1. The first kappa shape index (κ1) is 14.1. The van der Waals surface area contributed by atoms with Crippen molar-refractivity contribution in [1.82, 2.24) is 5.32 Å². The number of ketones is 1. The molecule has 0 unspecified atom stereocenters. The van der Waals surface area contributed by atoms with E-state index in [1.165, 1.54) is 6.07 Å². The van der Waals surface area contributed by atoms with Crippen LogP contribution in [0.4, 0.5) is 0 Å². The van der Waals surface area contributed by atoms with Crippen LogP contribution >= 0.6 is 0 Å². The fraction of sp³-hybridized carbons (Fsp3) is 0.471. The highest BCUT2D eigenvalue weighted by atomic mass is 16.3. The fourth-order valence-electron chi connectivity index (χ4n) is 4.19. The quantitative estimate of drug-likeness (QED) is 0.728. The van der Waals surface area contributed by atoms with Crippen LogP contribution in [0.1, 0.15) is 30.9 Å².